The lowest BCUT2D eigenvalue weighted by Crippen LogP contribution is -2.23. The molecule has 87 valence electrons. The molecule has 0 bridgehead atoms. The molecule has 2 N–H and O–H groups in total. The summed E-state index contributed by atoms with van der Waals surface area (Å²) in [5.74, 6) is -0.250. The van der Waals surface area contributed by atoms with Crippen LogP contribution in [0.4, 0.5) is 5.69 Å². The minimum absolute atomic E-state index is 0.0761. The molecule has 0 aliphatic heterocycles. The van der Waals surface area contributed by atoms with E-state index in [-0.39, 0.29) is 17.3 Å². The van der Waals surface area contributed by atoms with Gasteiger partial charge >= 0.3 is 0 Å². The molecular formula is C10H13N2O3S. The topological polar surface area (TPSA) is 75.3 Å². The molecule has 1 amide bonds. The largest absolute Gasteiger partial charge is 0.326 e. The second-order valence-corrected chi connectivity index (χ2v) is 4.87. The molecule has 1 radical (unpaired) electrons. The lowest BCUT2D eigenvalue weighted by molar-refractivity contribution is -0.114. The molecule has 0 atom stereocenters. The lowest BCUT2D eigenvalue weighted by atomic mass is 10.3. The van der Waals surface area contributed by atoms with Gasteiger partial charge in [-0.05, 0) is 25.1 Å². The van der Waals surface area contributed by atoms with Gasteiger partial charge in [0.25, 0.3) is 0 Å². The highest BCUT2D eigenvalue weighted by Gasteiger charge is 2.12. The van der Waals surface area contributed by atoms with E-state index in [0.717, 1.165) is 0 Å². The Labute approximate surface area is 94.9 Å². The summed E-state index contributed by atoms with van der Waals surface area (Å²) in [6.07, 6.45) is 0. The van der Waals surface area contributed by atoms with Gasteiger partial charge in [0, 0.05) is 19.2 Å². The minimum Gasteiger partial charge on any atom is -0.326 e. The fourth-order valence-corrected chi connectivity index (χ4v) is 2.14. The molecule has 5 nitrogen and oxygen atoms in total. The van der Waals surface area contributed by atoms with E-state index in [1.165, 1.54) is 19.1 Å². The molecule has 1 aromatic carbocycles. The van der Waals surface area contributed by atoms with E-state index in [0.29, 0.717) is 5.69 Å². The summed E-state index contributed by atoms with van der Waals surface area (Å²) in [5, 5.41) is 2.51. The second-order valence-electron chi connectivity index (χ2n) is 3.11. The summed E-state index contributed by atoms with van der Waals surface area (Å²) < 4.78 is 25.5. The van der Waals surface area contributed by atoms with Crippen LogP contribution < -0.4 is 10.0 Å². The standard InChI is InChI=1S/C10H13N2O3S/c1-3-11-16(14,15)10-6-4-5-9(7-10)12-8(2)13/h4-7,11H,1,3H2,2H3,(H,12,13). The van der Waals surface area contributed by atoms with E-state index in [2.05, 4.69) is 17.0 Å². The van der Waals surface area contributed by atoms with Crippen LogP contribution in [0.15, 0.2) is 29.2 Å². The van der Waals surface area contributed by atoms with Crippen molar-refractivity contribution >= 4 is 21.6 Å². The van der Waals surface area contributed by atoms with Gasteiger partial charge in [0.05, 0.1) is 4.90 Å². The molecule has 0 heterocycles. The van der Waals surface area contributed by atoms with Gasteiger partial charge in [0.15, 0.2) is 0 Å². The second kappa shape index (κ2) is 5.09. The van der Waals surface area contributed by atoms with E-state index in [1.807, 2.05) is 0 Å². The van der Waals surface area contributed by atoms with Crippen molar-refractivity contribution in [2.24, 2.45) is 0 Å². The highest BCUT2D eigenvalue weighted by atomic mass is 32.2. The lowest BCUT2D eigenvalue weighted by Gasteiger charge is -2.06. The van der Waals surface area contributed by atoms with E-state index in [9.17, 15) is 13.2 Å². The molecule has 1 aromatic rings. The molecule has 0 aromatic heterocycles. The Bertz CT molecular complexity index is 483. The van der Waals surface area contributed by atoms with Gasteiger partial charge in [0.1, 0.15) is 0 Å². The van der Waals surface area contributed by atoms with Crippen molar-refractivity contribution in [3.8, 4) is 0 Å². The normalized spacial score (nSPS) is 11.1. The number of nitrogens with one attached hydrogen (secondary N) is 2. The number of carbonyl (C=O) groups excluding carboxylic acids is 1. The molecule has 0 spiro atoms. The van der Waals surface area contributed by atoms with Crippen LogP contribution >= 0.6 is 0 Å². The van der Waals surface area contributed by atoms with Crippen LogP contribution in [0.1, 0.15) is 6.92 Å². The molecule has 0 saturated heterocycles. The molecule has 0 unspecified atom stereocenters. The first-order chi connectivity index (χ1) is 7.45. The Balaban J connectivity index is 3.03. The number of sulfonamides is 1. The van der Waals surface area contributed by atoms with Gasteiger partial charge in [-0.2, -0.15) is 0 Å². The van der Waals surface area contributed by atoms with E-state index < -0.39 is 10.0 Å². The zero-order valence-electron chi connectivity index (χ0n) is 8.86. The van der Waals surface area contributed by atoms with Crippen molar-refractivity contribution in [3.63, 3.8) is 0 Å². The summed E-state index contributed by atoms with van der Waals surface area (Å²) in [6, 6.07) is 6.01. The Morgan fingerprint density at radius 2 is 2.12 bits per heavy atom. The first kappa shape index (κ1) is 12.7. The zero-order valence-corrected chi connectivity index (χ0v) is 9.67. The van der Waals surface area contributed by atoms with Crippen molar-refractivity contribution in [1.29, 1.82) is 0 Å². The van der Waals surface area contributed by atoms with Crippen LogP contribution in [0.5, 0.6) is 0 Å². The maximum Gasteiger partial charge on any atom is 0.240 e. The third-order valence-corrected chi connectivity index (χ3v) is 3.22. The number of anilines is 1. The molecule has 0 fully saturated rings. The van der Waals surface area contributed by atoms with E-state index >= 15 is 0 Å². The zero-order chi connectivity index (χ0) is 12.2. The van der Waals surface area contributed by atoms with Gasteiger partial charge in [0.2, 0.25) is 15.9 Å². The molecule has 16 heavy (non-hydrogen) atoms. The Kier molecular flexibility index (Phi) is 4.03. The van der Waals surface area contributed by atoms with Crippen LogP contribution in [0, 0.1) is 6.92 Å². The highest BCUT2D eigenvalue weighted by molar-refractivity contribution is 7.89. The number of amides is 1. The highest BCUT2D eigenvalue weighted by Crippen LogP contribution is 2.14. The van der Waals surface area contributed by atoms with Crippen LogP contribution in [0.3, 0.4) is 0 Å². The minimum atomic E-state index is -3.53. The predicted octanol–water partition coefficient (Wildman–Crippen LogP) is 0.757. The third kappa shape index (κ3) is 3.32. The molecule has 0 aliphatic carbocycles. The SMILES string of the molecule is [CH2]CNS(=O)(=O)c1cccc(NC(C)=O)c1. The fraction of sp³-hybridized carbons (Fsp3) is 0.200. The van der Waals surface area contributed by atoms with Crippen molar-refractivity contribution in [2.75, 3.05) is 11.9 Å². The Morgan fingerprint density at radius 1 is 1.44 bits per heavy atom. The van der Waals surface area contributed by atoms with Crippen molar-refractivity contribution in [2.45, 2.75) is 11.8 Å². The maximum absolute atomic E-state index is 11.6. The van der Waals surface area contributed by atoms with Crippen molar-refractivity contribution < 1.29 is 13.2 Å². The molecular weight excluding hydrogens is 228 g/mol. The quantitative estimate of drug-likeness (QED) is 0.817. The monoisotopic (exact) mass is 241 g/mol. The predicted molar refractivity (Wildman–Crippen MR) is 61.3 cm³/mol. The van der Waals surface area contributed by atoms with Gasteiger partial charge in [-0.25, -0.2) is 13.1 Å². The fourth-order valence-electron chi connectivity index (χ4n) is 1.16. The smallest absolute Gasteiger partial charge is 0.240 e. The van der Waals surface area contributed by atoms with Crippen LogP contribution in [-0.4, -0.2) is 20.9 Å². The Hall–Kier alpha value is -1.40. The van der Waals surface area contributed by atoms with Crippen molar-refractivity contribution in [3.05, 3.63) is 31.2 Å². The summed E-state index contributed by atoms with van der Waals surface area (Å²) in [6.45, 7) is 4.84. The van der Waals surface area contributed by atoms with Crippen molar-refractivity contribution in [1.82, 2.24) is 4.72 Å². The molecule has 1 rings (SSSR count). The third-order valence-electron chi connectivity index (χ3n) is 1.76. The average Bonchev–Trinajstić information content (AvgIpc) is 2.17. The summed E-state index contributed by atoms with van der Waals surface area (Å²) in [5.41, 5.74) is 0.444. The number of rotatable bonds is 4. The Morgan fingerprint density at radius 3 is 2.69 bits per heavy atom. The van der Waals surface area contributed by atoms with Gasteiger partial charge < -0.3 is 5.32 Å². The van der Waals surface area contributed by atoms with Crippen LogP contribution in [0.25, 0.3) is 0 Å². The molecule has 6 heteroatoms. The first-order valence-corrected chi connectivity index (χ1v) is 6.10. The van der Waals surface area contributed by atoms with Crippen LogP contribution in [-0.2, 0) is 14.8 Å². The number of benzene rings is 1. The van der Waals surface area contributed by atoms with Crippen LogP contribution in [0.2, 0.25) is 0 Å². The van der Waals surface area contributed by atoms with Gasteiger partial charge in [-0.3, -0.25) is 4.79 Å². The number of hydrogen-bond acceptors (Lipinski definition) is 3. The molecule has 0 aliphatic rings. The average molecular weight is 241 g/mol. The molecule has 0 saturated carbocycles. The number of hydrogen-bond donors (Lipinski definition) is 2. The summed E-state index contributed by atoms with van der Waals surface area (Å²) in [4.78, 5) is 10.9. The van der Waals surface area contributed by atoms with E-state index in [1.54, 1.807) is 12.1 Å². The first-order valence-electron chi connectivity index (χ1n) is 4.62. The van der Waals surface area contributed by atoms with Gasteiger partial charge in [-0.15, -0.1) is 0 Å². The van der Waals surface area contributed by atoms with E-state index in [4.69, 9.17) is 0 Å². The summed E-state index contributed by atoms with van der Waals surface area (Å²) >= 11 is 0. The van der Waals surface area contributed by atoms with Gasteiger partial charge in [-0.1, -0.05) is 6.07 Å². The summed E-state index contributed by atoms with van der Waals surface area (Å²) in [7, 11) is -3.53. The maximum atomic E-state index is 11.6. The number of carbonyl (C=O) groups is 1.